The van der Waals surface area contributed by atoms with Gasteiger partial charge in [-0.25, -0.2) is 8.42 Å². The molecular formula is C26H35N3O4S. The molecule has 0 bridgehead atoms. The van der Waals surface area contributed by atoms with Crippen LogP contribution in [0.1, 0.15) is 50.2 Å². The number of hydrogen-bond acceptors (Lipinski definition) is 4. The molecule has 0 saturated heterocycles. The van der Waals surface area contributed by atoms with Crippen LogP contribution in [0.25, 0.3) is 0 Å². The summed E-state index contributed by atoms with van der Waals surface area (Å²) in [6, 6.07) is 15.8. The lowest BCUT2D eigenvalue weighted by Gasteiger charge is -2.33. The second-order valence-electron chi connectivity index (χ2n) is 9.13. The highest BCUT2D eigenvalue weighted by Crippen LogP contribution is 2.21. The predicted molar refractivity (Wildman–Crippen MR) is 135 cm³/mol. The minimum absolute atomic E-state index is 0.123. The average molecular weight is 486 g/mol. The van der Waals surface area contributed by atoms with Gasteiger partial charge in [0.05, 0.1) is 11.9 Å². The molecule has 2 aromatic rings. The fraction of sp³-hybridized carbons (Fsp3) is 0.462. The number of aryl methyl sites for hydroxylation is 1. The van der Waals surface area contributed by atoms with E-state index in [0.29, 0.717) is 5.69 Å². The fourth-order valence-corrected chi connectivity index (χ4v) is 5.11. The molecule has 8 heteroatoms. The van der Waals surface area contributed by atoms with E-state index in [4.69, 9.17) is 0 Å². The van der Waals surface area contributed by atoms with Crippen molar-refractivity contribution in [2.24, 2.45) is 0 Å². The Morgan fingerprint density at radius 2 is 1.62 bits per heavy atom. The molecule has 1 N–H and O–H groups in total. The van der Waals surface area contributed by atoms with E-state index in [1.54, 1.807) is 31.2 Å². The zero-order valence-electron chi connectivity index (χ0n) is 20.2. The SMILES string of the molecule is Cc1ccc(N(CC(=O)N(Cc2ccccc2)C(C)C(=O)NC2CCCCC2)S(C)(=O)=O)cc1. The molecule has 2 aromatic carbocycles. The van der Waals surface area contributed by atoms with E-state index in [9.17, 15) is 18.0 Å². The van der Waals surface area contributed by atoms with Crippen LogP contribution >= 0.6 is 0 Å². The summed E-state index contributed by atoms with van der Waals surface area (Å²) in [7, 11) is -3.72. The van der Waals surface area contributed by atoms with E-state index in [1.165, 1.54) is 11.3 Å². The van der Waals surface area contributed by atoms with Crippen molar-refractivity contribution < 1.29 is 18.0 Å². The van der Waals surface area contributed by atoms with Gasteiger partial charge < -0.3 is 10.2 Å². The van der Waals surface area contributed by atoms with Crippen molar-refractivity contribution in [1.29, 1.82) is 0 Å². The number of hydrogen-bond donors (Lipinski definition) is 1. The van der Waals surface area contributed by atoms with Crippen LogP contribution in [0.4, 0.5) is 5.69 Å². The fourth-order valence-electron chi connectivity index (χ4n) is 4.26. The lowest BCUT2D eigenvalue weighted by molar-refractivity contribution is -0.139. The number of nitrogens with one attached hydrogen (secondary N) is 1. The molecule has 3 rings (SSSR count). The third-order valence-corrected chi connectivity index (χ3v) is 7.46. The highest BCUT2D eigenvalue weighted by Gasteiger charge is 2.31. The van der Waals surface area contributed by atoms with Crippen LogP contribution in [-0.4, -0.2) is 50.0 Å². The van der Waals surface area contributed by atoms with Crippen LogP contribution in [0, 0.1) is 6.92 Å². The van der Waals surface area contributed by atoms with Crippen molar-refractivity contribution in [3.8, 4) is 0 Å². The maximum Gasteiger partial charge on any atom is 0.244 e. The van der Waals surface area contributed by atoms with Gasteiger partial charge in [-0.05, 0) is 44.4 Å². The number of rotatable bonds is 9. The standard InChI is InChI=1S/C26H35N3O4S/c1-20-14-16-24(17-15-20)29(34(3,32)33)19-25(30)28(18-22-10-6-4-7-11-22)21(2)26(31)27-23-12-8-5-9-13-23/h4,6-7,10-11,14-17,21,23H,5,8-9,12-13,18-19H2,1-3H3,(H,27,31). The van der Waals surface area contributed by atoms with Crippen molar-refractivity contribution in [3.05, 3.63) is 65.7 Å². The summed E-state index contributed by atoms with van der Waals surface area (Å²) in [5, 5.41) is 3.10. The molecule has 1 atom stereocenters. The van der Waals surface area contributed by atoms with E-state index in [-0.39, 0.29) is 25.0 Å². The number of carbonyl (C=O) groups is 2. The molecule has 34 heavy (non-hydrogen) atoms. The van der Waals surface area contributed by atoms with E-state index in [0.717, 1.165) is 47.4 Å². The quantitative estimate of drug-likeness (QED) is 0.588. The lowest BCUT2D eigenvalue weighted by Crippen LogP contribution is -2.52. The molecule has 0 radical (unpaired) electrons. The third kappa shape index (κ3) is 7.06. The van der Waals surface area contributed by atoms with E-state index >= 15 is 0 Å². The summed E-state index contributed by atoms with van der Waals surface area (Å²) in [6.07, 6.45) is 6.33. The lowest BCUT2D eigenvalue weighted by atomic mass is 9.95. The maximum atomic E-state index is 13.5. The van der Waals surface area contributed by atoms with Gasteiger partial charge in [0.1, 0.15) is 12.6 Å². The molecular weight excluding hydrogens is 450 g/mol. The summed E-state index contributed by atoms with van der Waals surface area (Å²) in [6.45, 7) is 3.45. The molecule has 0 aliphatic heterocycles. The first-order chi connectivity index (χ1) is 16.1. The molecule has 2 amide bonds. The van der Waals surface area contributed by atoms with Gasteiger partial charge in [0, 0.05) is 12.6 Å². The second kappa shape index (κ2) is 11.5. The summed E-state index contributed by atoms with van der Waals surface area (Å²) >= 11 is 0. The Kier molecular flexibility index (Phi) is 8.72. The molecule has 1 aliphatic carbocycles. The van der Waals surface area contributed by atoms with Crippen molar-refractivity contribution >= 4 is 27.5 Å². The van der Waals surface area contributed by atoms with Crippen LogP contribution in [0.15, 0.2) is 54.6 Å². The zero-order valence-corrected chi connectivity index (χ0v) is 21.1. The molecule has 1 saturated carbocycles. The number of amides is 2. The highest BCUT2D eigenvalue weighted by atomic mass is 32.2. The van der Waals surface area contributed by atoms with Crippen LogP contribution < -0.4 is 9.62 Å². The Balaban J connectivity index is 1.83. The van der Waals surface area contributed by atoms with Gasteiger partial charge >= 0.3 is 0 Å². The molecule has 0 aromatic heterocycles. The second-order valence-corrected chi connectivity index (χ2v) is 11.0. The number of carbonyl (C=O) groups excluding carboxylic acids is 2. The van der Waals surface area contributed by atoms with Crippen LogP contribution in [-0.2, 0) is 26.2 Å². The van der Waals surface area contributed by atoms with Crippen molar-refractivity contribution in [1.82, 2.24) is 10.2 Å². The van der Waals surface area contributed by atoms with Crippen molar-refractivity contribution in [3.63, 3.8) is 0 Å². The minimum atomic E-state index is -3.72. The van der Waals surface area contributed by atoms with Crippen LogP contribution in [0.2, 0.25) is 0 Å². The molecule has 0 spiro atoms. The first kappa shape index (κ1) is 25.7. The van der Waals surface area contributed by atoms with E-state index in [1.807, 2.05) is 37.3 Å². The normalized spacial score (nSPS) is 15.4. The van der Waals surface area contributed by atoms with Crippen LogP contribution in [0.5, 0.6) is 0 Å². The Morgan fingerprint density at radius 1 is 1.00 bits per heavy atom. The van der Waals surface area contributed by atoms with Gasteiger partial charge in [-0.15, -0.1) is 0 Å². The predicted octanol–water partition coefficient (Wildman–Crippen LogP) is 3.63. The Bertz CT molecular complexity index is 1060. The van der Waals surface area contributed by atoms with E-state index < -0.39 is 22.0 Å². The van der Waals surface area contributed by atoms with Gasteiger partial charge in [-0.1, -0.05) is 67.3 Å². The zero-order chi connectivity index (χ0) is 24.7. The first-order valence-corrected chi connectivity index (χ1v) is 13.7. The van der Waals surface area contributed by atoms with Gasteiger partial charge in [-0.2, -0.15) is 0 Å². The molecule has 1 aliphatic rings. The number of anilines is 1. The minimum Gasteiger partial charge on any atom is -0.352 e. The van der Waals surface area contributed by atoms with Gasteiger partial charge in [0.15, 0.2) is 0 Å². The van der Waals surface area contributed by atoms with Crippen molar-refractivity contribution in [2.45, 2.75) is 64.6 Å². The smallest absolute Gasteiger partial charge is 0.244 e. The van der Waals surface area contributed by atoms with Gasteiger partial charge in [-0.3, -0.25) is 13.9 Å². The summed E-state index contributed by atoms with van der Waals surface area (Å²) < 4.78 is 26.2. The highest BCUT2D eigenvalue weighted by molar-refractivity contribution is 7.92. The largest absolute Gasteiger partial charge is 0.352 e. The van der Waals surface area contributed by atoms with Crippen molar-refractivity contribution in [2.75, 3.05) is 17.1 Å². The van der Waals surface area contributed by atoms with Crippen LogP contribution in [0.3, 0.4) is 0 Å². The molecule has 1 unspecified atom stereocenters. The number of benzene rings is 2. The summed E-state index contributed by atoms with van der Waals surface area (Å²) in [4.78, 5) is 28.1. The van der Waals surface area contributed by atoms with E-state index in [2.05, 4.69) is 5.32 Å². The maximum absolute atomic E-state index is 13.5. The summed E-state index contributed by atoms with van der Waals surface area (Å²) in [5.74, 6) is -0.640. The molecule has 1 fully saturated rings. The molecule has 7 nitrogen and oxygen atoms in total. The molecule has 184 valence electrons. The topological polar surface area (TPSA) is 86.8 Å². The Labute approximate surface area is 203 Å². The number of sulfonamides is 1. The Hall–Kier alpha value is -2.87. The Morgan fingerprint density at radius 3 is 2.21 bits per heavy atom. The molecule has 0 heterocycles. The average Bonchev–Trinajstić information content (AvgIpc) is 2.81. The van der Waals surface area contributed by atoms with Gasteiger partial charge in [0.2, 0.25) is 21.8 Å². The monoisotopic (exact) mass is 485 g/mol. The van der Waals surface area contributed by atoms with Gasteiger partial charge in [0.25, 0.3) is 0 Å². The number of nitrogens with zero attached hydrogens (tertiary/aromatic N) is 2. The third-order valence-electron chi connectivity index (χ3n) is 6.32. The summed E-state index contributed by atoms with van der Waals surface area (Å²) in [5.41, 5.74) is 2.28. The first-order valence-electron chi connectivity index (χ1n) is 11.8.